The highest BCUT2D eigenvalue weighted by Crippen LogP contribution is 2.46. The minimum atomic E-state index is -0.642. The maximum atomic E-state index is 13.2. The molecule has 1 aromatic heterocycles. The zero-order chi connectivity index (χ0) is 21.3. The average molecular weight is 398 g/mol. The van der Waals surface area contributed by atoms with E-state index in [0.717, 1.165) is 19.3 Å². The number of carbonyl (C=O) groups excluding carboxylic acids is 1. The van der Waals surface area contributed by atoms with Crippen molar-refractivity contribution >= 4 is 22.8 Å². The monoisotopic (exact) mass is 398 g/mol. The molecule has 0 amide bonds. The van der Waals surface area contributed by atoms with Crippen LogP contribution in [0.4, 0.5) is 0 Å². The molecule has 0 bridgehead atoms. The van der Waals surface area contributed by atoms with Crippen molar-refractivity contribution in [3.8, 4) is 11.5 Å². The second-order valence-corrected chi connectivity index (χ2v) is 8.43. The number of phenolic OH excluding ortho intramolecular Hbond substituents is 1. The lowest BCUT2D eigenvalue weighted by atomic mass is 9.88. The molecule has 0 radical (unpaired) electrons. The van der Waals surface area contributed by atoms with Gasteiger partial charge in [-0.05, 0) is 50.8 Å². The van der Waals surface area contributed by atoms with Crippen molar-refractivity contribution in [2.45, 2.75) is 72.3 Å². The number of Topliss-reactive ketones (excluding diaryl/α,β-unsaturated/α-hetero) is 1. The van der Waals surface area contributed by atoms with Gasteiger partial charge < -0.3 is 14.3 Å². The van der Waals surface area contributed by atoms with Crippen molar-refractivity contribution in [2.24, 2.45) is 5.92 Å². The van der Waals surface area contributed by atoms with Gasteiger partial charge in [-0.2, -0.15) is 0 Å². The molecular weight excluding hydrogens is 368 g/mol. The molecule has 3 rings (SSSR count). The molecule has 2 heterocycles. The Morgan fingerprint density at radius 1 is 1.24 bits per heavy atom. The highest BCUT2D eigenvalue weighted by molar-refractivity contribution is 6.11. The molecule has 1 aliphatic rings. The van der Waals surface area contributed by atoms with Crippen LogP contribution in [0.25, 0.3) is 17.0 Å². The molecule has 0 saturated heterocycles. The number of aryl methyl sites for hydroxylation is 1. The number of benzene rings is 1. The Labute approximate surface area is 171 Å². The zero-order valence-electron chi connectivity index (χ0n) is 17.9. The lowest BCUT2D eigenvalue weighted by Crippen LogP contribution is -2.29. The van der Waals surface area contributed by atoms with Crippen LogP contribution in [0, 0.1) is 5.92 Å². The first kappa shape index (κ1) is 21.2. The Morgan fingerprint density at radius 3 is 2.62 bits per heavy atom. The number of phenols is 1. The summed E-state index contributed by atoms with van der Waals surface area (Å²) in [5.74, 6) is -0.286. The van der Waals surface area contributed by atoms with Gasteiger partial charge >= 0.3 is 5.63 Å². The molecule has 0 saturated carbocycles. The molecule has 156 valence electrons. The summed E-state index contributed by atoms with van der Waals surface area (Å²) in [5.41, 5.74) is 0.606. The summed E-state index contributed by atoms with van der Waals surface area (Å²) in [6.07, 6.45) is 7.93. The van der Waals surface area contributed by atoms with Crippen LogP contribution in [-0.2, 0) is 6.42 Å². The summed E-state index contributed by atoms with van der Waals surface area (Å²) in [7, 11) is 0. The van der Waals surface area contributed by atoms with Crippen LogP contribution in [0.15, 0.2) is 21.4 Å². The van der Waals surface area contributed by atoms with Gasteiger partial charge in [0, 0.05) is 12.0 Å². The van der Waals surface area contributed by atoms with E-state index >= 15 is 0 Å². The molecule has 2 aromatic rings. The average Bonchev–Trinajstić information content (AvgIpc) is 2.66. The van der Waals surface area contributed by atoms with E-state index in [-0.39, 0.29) is 28.6 Å². The van der Waals surface area contributed by atoms with Crippen LogP contribution >= 0.6 is 0 Å². The van der Waals surface area contributed by atoms with Crippen LogP contribution in [0.1, 0.15) is 81.8 Å². The first-order chi connectivity index (χ1) is 13.7. The fourth-order valence-electron chi connectivity index (χ4n) is 3.72. The van der Waals surface area contributed by atoms with E-state index in [0.29, 0.717) is 35.1 Å². The van der Waals surface area contributed by atoms with Crippen molar-refractivity contribution < 1.29 is 19.1 Å². The summed E-state index contributed by atoms with van der Waals surface area (Å²) in [4.78, 5) is 25.5. The number of unbranched alkanes of at least 4 members (excludes halogenated alkanes) is 2. The van der Waals surface area contributed by atoms with Crippen LogP contribution in [0.2, 0.25) is 0 Å². The molecule has 1 aromatic carbocycles. The van der Waals surface area contributed by atoms with Gasteiger partial charge in [-0.15, -0.1) is 0 Å². The highest BCUT2D eigenvalue weighted by Gasteiger charge is 2.34. The van der Waals surface area contributed by atoms with E-state index in [1.54, 1.807) is 0 Å². The maximum absolute atomic E-state index is 13.2. The molecule has 1 N–H and O–H groups in total. The van der Waals surface area contributed by atoms with E-state index < -0.39 is 11.2 Å². The zero-order valence-corrected chi connectivity index (χ0v) is 17.9. The third-order valence-corrected chi connectivity index (χ3v) is 5.61. The molecule has 29 heavy (non-hydrogen) atoms. The number of ketones is 1. The quantitative estimate of drug-likeness (QED) is 0.371. The second-order valence-electron chi connectivity index (χ2n) is 8.43. The molecule has 1 unspecified atom stereocenters. The van der Waals surface area contributed by atoms with E-state index in [9.17, 15) is 14.7 Å². The van der Waals surface area contributed by atoms with Gasteiger partial charge in [0.05, 0.1) is 10.9 Å². The van der Waals surface area contributed by atoms with Gasteiger partial charge in [0.2, 0.25) is 0 Å². The molecule has 1 atom stereocenters. The molecule has 5 heteroatoms. The van der Waals surface area contributed by atoms with Gasteiger partial charge in [0.1, 0.15) is 22.7 Å². The predicted octanol–water partition coefficient (Wildman–Crippen LogP) is 5.64. The van der Waals surface area contributed by atoms with Crippen molar-refractivity contribution in [2.75, 3.05) is 0 Å². The molecule has 0 spiro atoms. The number of carbonyl (C=O) groups is 1. The number of hydrogen-bond donors (Lipinski definition) is 1. The molecular formula is C24H30O5. The third kappa shape index (κ3) is 3.96. The van der Waals surface area contributed by atoms with Gasteiger partial charge in [0.25, 0.3) is 0 Å². The highest BCUT2D eigenvalue weighted by atomic mass is 16.5. The van der Waals surface area contributed by atoms with Crippen LogP contribution in [0.3, 0.4) is 0 Å². The fraction of sp³-hybridized carbons (Fsp3) is 0.500. The van der Waals surface area contributed by atoms with Gasteiger partial charge in [-0.25, -0.2) is 4.79 Å². The van der Waals surface area contributed by atoms with E-state index in [1.807, 2.05) is 39.8 Å². The Bertz CT molecular complexity index is 1030. The SMILES string of the molecule is CCCCCc1cc(=O)oc2c3c(c(C(=O)C(C)CC)c(O)c12)OC(C)(C)C=C3. The number of fused-ring (bicyclic) bond motifs is 3. The number of hydrogen-bond acceptors (Lipinski definition) is 5. The predicted molar refractivity (Wildman–Crippen MR) is 115 cm³/mol. The molecule has 0 aliphatic carbocycles. The first-order valence-electron chi connectivity index (χ1n) is 10.5. The van der Waals surface area contributed by atoms with Crippen LogP contribution in [0.5, 0.6) is 11.5 Å². The Morgan fingerprint density at radius 2 is 1.97 bits per heavy atom. The molecule has 5 nitrogen and oxygen atoms in total. The standard InChI is InChI=1S/C24H30O5/c1-6-8-9-10-15-13-17(25)28-22-16-11-12-24(4,5)29-23(16)19(21(27)18(15)22)20(26)14(3)7-2/h11-14,27H,6-10H2,1-5H3. The minimum Gasteiger partial charge on any atom is -0.506 e. The largest absolute Gasteiger partial charge is 0.506 e. The Hall–Kier alpha value is -2.56. The number of rotatable bonds is 7. The van der Waals surface area contributed by atoms with Crippen molar-refractivity contribution in [3.63, 3.8) is 0 Å². The van der Waals surface area contributed by atoms with E-state index in [4.69, 9.17) is 9.15 Å². The third-order valence-electron chi connectivity index (χ3n) is 5.61. The first-order valence-corrected chi connectivity index (χ1v) is 10.5. The Kier molecular flexibility index (Phi) is 5.87. The minimum absolute atomic E-state index is 0.148. The summed E-state index contributed by atoms with van der Waals surface area (Å²) in [5, 5.41) is 11.7. The fourth-order valence-corrected chi connectivity index (χ4v) is 3.72. The molecule has 0 fully saturated rings. The van der Waals surface area contributed by atoms with Gasteiger partial charge in [-0.3, -0.25) is 4.79 Å². The normalized spacial score (nSPS) is 15.8. The topological polar surface area (TPSA) is 76.7 Å². The van der Waals surface area contributed by atoms with Crippen molar-refractivity contribution in [3.05, 3.63) is 39.3 Å². The van der Waals surface area contributed by atoms with Gasteiger partial charge in [-0.1, -0.05) is 33.6 Å². The number of aromatic hydroxyl groups is 1. The van der Waals surface area contributed by atoms with E-state index in [2.05, 4.69) is 6.92 Å². The molecule has 1 aliphatic heterocycles. The van der Waals surface area contributed by atoms with Crippen LogP contribution in [-0.4, -0.2) is 16.5 Å². The summed E-state index contributed by atoms with van der Waals surface area (Å²) in [6.45, 7) is 9.64. The van der Waals surface area contributed by atoms with E-state index in [1.165, 1.54) is 6.07 Å². The number of ether oxygens (including phenoxy) is 1. The maximum Gasteiger partial charge on any atom is 0.336 e. The van der Waals surface area contributed by atoms with Crippen molar-refractivity contribution in [1.82, 2.24) is 0 Å². The summed E-state index contributed by atoms with van der Waals surface area (Å²) in [6, 6.07) is 1.43. The Balaban J connectivity index is 2.37. The summed E-state index contributed by atoms with van der Waals surface area (Å²) >= 11 is 0. The van der Waals surface area contributed by atoms with Crippen LogP contribution < -0.4 is 10.4 Å². The van der Waals surface area contributed by atoms with Crippen molar-refractivity contribution in [1.29, 1.82) is 0 Å². The lowest BCUT2D eigenvalue weighted by Gasteiger charge is -2.30. The smallest absolute Gasteiger partial charge is 0.336 e. The van der Waals surface area contributed by atoms with Gasteiger partial charge in [0.15, 0.2) is 11.4 Å². The lowest BCUT2D eigenvalue weighted by molar-refractivity contribution is 0.0911. The summed E-state index contributed by atoms with van der Waals surface area (Å²) < 4.78 is 11.6. The second kappa shape index (κ2) is 8.05.